The molecule has 0 amide bonds. The van der Waals surface area contributed by atoms with Crippen LogP contribution in [0.3, 0.4) is 0 Å². The van der Waals surface area contributed by atoms with Crippen LogP contribution < -0.4 is 5.73 Å². The van der Waals surface area contributed by atoms with Gasteiger partial charge in [0.05, 0.1) is 0 Å². The number of hydrogen-bond acceptors (Lipinski definition) is 5. The van der Waals surface area contributed by atoms with Gasteiger partial charge in [0.15, 0.2) is 5.82 Å². The van der Waals surface area contributed by atoms with E-state index in [1.54, 1.807) is 0 Å². The summed E-state index contributed by atoms with van der Waals surface area (Å²) in [5.41, 5.74) is 6.92. The Bertz CT molecular complexity index is 576. The van der Waals surface area contributed by atoms with Crippen LogP contribution in [0.2, 0.25) is 0 Å². The first-order valence-electron chi connectivity index (χ1n) is 6.60. The van der Waals surface area contributed by atoms with Crippen molar-refractivity contribution in [1.29, 1.82) is 0 Å². The van der Waals surface area contributed by atoms with Crippen LogP contribution in [-0.4, -0.2) is 23.4 Å². The number of halogens is 1. The molecule has 0 radical (unpaired) electrons. The molecule has 6 heteroatoms. The molecular formula is C14H16BrN3O2. The van der Waals surface area contributed by atoms with E-state index in [-0.39, 0.29) is 0 Å². The lowest BCUT2D eigenvalue weighted by Gasteiger charge is -2.29. The van der Waals surface area contributed by atoms with E-state index in [1.165, 1.54) is 0 Å². The van der Waals surface area contributed by atoms with Gasteiger partial charge >= 0.3 is 0 Å². The Labute approximate surface area is 125 Å². The van der Waals surface area contributed by atoms with Crippen LogP contribution in [0.25, 0.3) is 0 Å². The Balaban J connectivity index is 1.74. The van der Waals surface area contributed by atoms with Crippen LogP contribution in [-0.2, 0) is 16.7 Å². The molecule has 2 N–H and O–H groups in total. The maximum atomic E-state index is 6.32. The smallest absolute Gasteiger partial charge is 0.246 e. The van der Waals surface area contributed by atoms with Gasteiger partial charge in [0.1, 0.15) is 5.54 Å². The van der Waals surface area contributed by atoms with E-state index in [0.29, 0.717) is 44.2 Å². The highest BCUT2D eigenvalue weighted by atomic mass is 79.9. The lowest BCUT2D eigenvalue weighted by atomic mass is 9.91. The first-order valence-corrected chi connectivity index (χ1v) is 7.39. The number of benzene rings is 1. The van der Waals surface area contributed by atoms with Crippen LogP contribution >= 0.6 is 15.9 Å². The van der Waals surface area contributed by atoms with Crippen LogP contribution in [0.15, 0.2) is 33.3 Å². The van der Waals surface area contributed by atoms with Crippen molar-refractivity contribution in [3.63, 3.8) is 0 Å². The Morgan fingerprint density at radius 2 is 1.90 bits per heavy atom. The molecule has 0 bridgehead atoms. The first kappa shape index (κ1) is 13.7. The van der Waals surface area contributed by atoms with E-state index in [4.69, 9.17) is 15.0 Å². The van der Waals surface area contributed by atoms with Gasteiger partial charge in [0.2, 0.25) is 5.89 Å². The molecule has 0 unspecified atom stereocenters. The van der Waals surface area contributed by atoms with Crippen LogP contribution in [0.4, 0.5) is 0 Å². The third-order valence-electron chi connectivity index (χ3n) is 3.55. The van der Waals surface area contributed by atoms with Crippen LogP contribution in [0.1, 0.15) is 30.1 Å². The molecule has 0 spiro atoms. The normalized spacial score (nSPS) is 18.1. The molecule has 5 nitrogen and oxygen atoms in total. The van der Waals surface area contributed by atoms with Gasteiger partial charge in [-0.15, -0.1) is 0 Å². The van der Waals surface area contributed by atoms with Crippen molar-refractivity contribution >= 4 is 15.9 Å². The Morgan fingerprint density at radius 1 is 1.20 bits per heavy atom. The second-order valence-corrected chi connectivity index (χ2v) is 6.00. The average Bonchev–Trinajstić information content (AvgIpc) is 2.92. The molecule has 1 aliphatic heterocycles. The van der Waals surface area contributed by atoms with Crippen molar-refractivity contribution in [3.05, 3.63) is 46.0 Å². The highest BCUT2D eigenvalue weighted by Gasteiger charge is 2.35. The predicted octanol–water partition coefficient (Wildman–Crippen LogP) is 2.39. The average molecular weight is 338 g/mol. The standard InChI is InChI=1S/C14H16BrN3O2/c15-11-3-1-10(2-4-11)9-12-17-13(20-18-12)14(16)5-7-19-8-6-14/h1-4H,5-9,16H2. The fourth-order valence-electron chi connectivity index (χ4n) is 2.26. The fraction of sp³-hybridized carbons (Fsp3) is 0.429. The van der Waals surface area contributed by atoms with Gasteiger partial charge in [-0.25, -0.2) is 0 Å². The zero-order valence-corrected chi connectivity index (χ0v) is 12.6. The van der Waals surface area contributed by atoms with Crippen molar-refractivity contribution in [2.24, 2.45) is 5.73 Å². The van der Waals surface area contributed by atoms with Crippen molar-refractivity contribution in [3.8, 4) is 0 Å². The molecule has 1 aromatic carbocycles. The van der Waals surface area contributed by atoms with Crippen molar-refractivity contribution < 1.29 is 9.26 Å². The van der Waals surface area contributed by atoms with Crippen molar-refractivity contribution in [2.45, 2.75) is 24.8 Å². The summed E-state index contributed by atoms with van der Waals surface area (Å²) in [7, 11) is 0. The van der Waals surface area contributed by atoms with Gasteiger partial charge in [0, 0.05) is 24.1 Å². The van der Waals surface area contributed by atoms with Crippen LogP contribution in [0, 0.1) is 0 Å². The fourth-order valence-corrected chi connectivity index (χ4v) is 2.53. The quantitative estimate of drug-likeness (QED) is 0.930. The zero-order valence-electron chi connectivity index (χ0n) is 11.0. The largest absolute Gasteiger partial charge is 0.381 e. The predicted molar refractivity (Wildman–Crippen MR) is 77.2 cm³/mol. The number of hydrogen-bond donors (Lipinski definition) is 1. The van der Waals surface area contributed by atoms with E-state index >= 15 is 0 Å². The third kappa shape index (κ3) is 2.92. The molecule has 2 heterocycles. The topological polar surface area (TPSA) is 74.2 Å². The molecule has 106 valence electrons. The zero-order chi connectivity index (χ0) is 14.0. The summed E-state index contributed by atoms with van der Waals surface area (Å²) in [6.45, 7) is 1.28. The molecule has 0 saturated carbocycles. The first-order chi connectivity index (χ1) is 9.66. The second-order valence-electron chi connectivity index (χ2n) is 5.09. The summed E-state index contributed by atoms with van der Waals surface area (Å²) in [5, 5.41) is 4.04. The number of aromatic nitrogens is 2. The molecule has 1 fully saturated rings. The second kappa shape index (κ2) is 5.63. The van der Waals surface area contributed by atoms with Crippen molar-refractivity contribution in [2.75, 3.05) is 13.2 Å². The van der Waals surface area contributed by atoms with E-state index in [9.17, 15) is 0 Å². The maximum Gasteiger partial charge on any atom is 0.246 e. The summed E-state index contributed by atoms with van der Waals surface area (Å²) < 4.78 is 11.7. The summed E-state index contributed by atoms with van der Waals surface area (Å²) >= 11 is 3.42. The Kier molecular flexibility index (Phi) is 3.87. The summed E-state index contributed by atoms with van der Waals surface area (Å²) in [5.74, 6) is 1.19. The number of ether oxygens (including phenoxy) is 1. The van der Waals surface area contributed by atoms with Gasteiger partial charge in [0.25, 0.3) is 0 Å². The van der Waals surface area contributed by atoms with Crippen molar-refractivity contribution in [1.82, 2.24) is 10.1 Å². The van der Waals surface area contributed by atoms with Gasteiger partial charge in [-0.1, -0.05) is 33.2 Å². The highest BCUT2D eigenvalue weighted by molar-refractivity contribution is 9.10. The molecule has 0 aliphatic carbocycles. The Morgan fingerprint density at radius 3 is 2.60 bits per heavy atom. The molecule has 20 heavy (non-hydrogen) atoms. The summed E-state index contributed by atoms with van der Waals surface area (Å²) in [6, 6.07) is 8.07. The highest BCUT2D eigenvalue weighted by Crippen LogP contribution is 2.28. The van der Waals surface area contributed by atoms with E-state index in [0.717, 1.165) is 10.0 Å². The Hall–Kier alpha value is -1.24. The molecule has 1 aliphatic rings. The minimum Gasteiger partial charge on any atom is -0.381 e. The SMILES string of the molecule is NC1(c2nc(Cc3ccc(Br)cc3)no2)CCOCC1. The van der Waals surface area contributed by atoms with Gasteiger partial charge < -0.3 is 15.0 Å². The lowest BCUT2D eigenvalue weighted by molar-refractivity contribution is 0.0400. The van der Waals surface area contributed by atoms with Gasteiger partial charge in [-0.05, 0) is 30.5 Å². The van der Waals surface area contributed by atoms with E-state index < -0.39 is 5.54 Å². The maximum absolute atomic E-state index is 6.32. The minimum absolute atomic E-state index is 0.521. The lowest BCUT2D eigenvalue weighted by Crippen LogP contribution is -2.42. The van der Waals surface area contributed by atoms with Gasteiger partial charge in [-0.2, -0.15) is 4.98 Å². The van der Waals surface area contributed by atoms with E-state index in [1.807, 2.05) is 24.3 Å². The number of nitrogens with two attached hydrogens (primary N) is 1. The van der Waals surface area contributed by atoms with Crippen LogP contribution in [0.5, 0.6) is 0 Å². The molecule has 1 saturated heterocycles. The molecule has 0 atom stereocenters. The monoisotopic (exact) mass is 337 g/mol. The third-order valence-corrected chi connectivity index (χ3v) is 4.08. The van der Waals surface area contributed by atoms with Gasteiger partial charge in [-0.3, -0.25) is 0 Å². The summed E-state index contributed by atoms with van der Waals surface area (Å²) in [6.07, 6.45) is 2.07. The minimum atomic E-state index is -0.538. The number of nitrogens with zero attached hydrogens (tertiary/aromatic N) is 2. The molecule has 1 aromatic heterocycles. The molecular weight excluding hydrogens is 322 g/mol. The molecule has 3 rings (SSSR count). The number of rotatable bonds is 3. The summed E-state index contributed by atoms with van der Waals surface area (Å²) in [4.78, 5) is 4.45. The molecule has 2 aromatic rings. The van der Waals surface area contributed by atoms with E-state index in [2.05, 4.69) is 26.1 Å².